The van der Waals surface area contributed by atoms with Crippen LogP contribution in [0.25, 0.3) is 0 Å². The molecule has 0 fully saturated rings. The highest BCUT2D eigenvalue weighted by molar-refractivity contribution is 5.92. The molecule has 0 aromatic heterocycles. The highest BCUT2D eigenvalue weighted by atomic mass is 16.6. The first-order valence-electron chi connectivity index (χ1n) is 7.92. The van der Waals surface area contributed by atoms with Gasteiger partial charge in [0.15, 0.2) is 13.2 Å². The number of para-hydroxylation sites is 1. The molecule has 0 aliphatic carbocycles. The molecule has 132 valence electrons. The molecule has 0 spiro atoms. The van der Waals surface area contributed by atoms with Gasteiger partial charge in [0, 0.05) is 5.69 Å². The number of nitrogens with one attached hydrogen (secondary N) is 1. The quantitative estimate of drug-likeness (QED) is 0.746. The Kier molecular flexibility index (Phi) is 6.83. The van der Waals surface area contributed by atoms with Crippen LogP contribution in [0.2, 0.25) is 0 Å². The Morgan fingerprint density at radius 2 is 1.72 bits per heavy atom. The molecule has 0 radical (unpaired) electrons. The Labute approximate surface area is 146 Å². The lowest BCUT2D eigenvalue weighted by atomic mass is 10.1. The zero-order chi connectivity index (χ0) is 18.1. The van der Waals surface area contributed by atoms with Gasteiger partial charge in [-0.3, -0.25) is 4.79 Å². The molecule has 2 aromatic rings. The average Bonchev–Trinajstić information content (AvgIpc) is 2.65. The molecule has 0 atom stereocenters. The SMILES string of the molecule is CCc1ccccc1OCC(=O)OCC(=O)Nc1ccc(OC)cc1. The molecule has 6 heteroatoms. The Balaban J connectivity index is 1.74. The second-order valence-electron chi connectivity index (χ2n) is 5.19. The lowest BCUT2D eigenvalue weighted by molar-refractivity contribution is -0.149. The molecular formula is C19H21NO5. The molecule has 2 aromatic carbocycles. The molecule has 0 saturated heterocycles. The van der Waals surface area contributed by atoms with Crippen molar-refractivity contribution in [1.29, 1.82) is 0 Å². The van der Waals surface area contributed by atoms with E-state index in [0.29, 0.717) is 17.2 Å². The van der Waals surface area contributed by atoms with E-state index in [9.17, 15) is 9.59 Å². The second kappa shape index (κ2) is 9.32. The molecule has 6 nitrogen and oxygen atoms in total. The van der Waals surface area contributed by atoms with E-state index >= 15 is 0 Å². The van der Waals surface area contributed by atoms with Crippen LogP contribution in [0.5, 0.6) is 11.5 Å². The number of hydrogen-bond acceptors (Lipinski definition) is 5. The van der Waals surface area contributed by atoms with E-state index in [0.717, 1.165) is 12.0 Å². The fourth-order valence-electron chi connectivity index (χ4n) is 2.13. The van der Waals surface area contributed by atoms with Gasteiger partial charge in [0.25, 0.3) is 5.91 Å². The Bertz CT molecular complexity index is 712. The number of methoxy groups -OCH3 is 1. The van der Waals surface area contributed by atoms with Gasteiger partial charge in [-0.25, -0.2) is 4.79 Å². The van der Waals surface area contributed by atoms with Crippen LogP contribution in [0.15, 0.2) is 48.5 Å². The van der Waals surface area contributed by atoms with Crippen molar-refractivity contribution in [3.05, 3.63) is 54.1 Å². The summed E-state index contributed by atoms with van der Waals surface area (Å²) in [4.78, 5) is 23.5. The van der Waals surface area contributed by atoms with E-state index in [1.165, 1.54) is 0 Å². The Hall–Kier alpha value is -3.02. The minimum absolute atomic E-state index is 0.243. The van der Waals surface area contributed by atoms with Gasteiger partial charge in [0.1, 0.15) is 11.5 Å². The van der Waals surface area contributed by atoms with Crippen LogP contribution in [0.1, 0.15) is 12.5 Å². The van der Waals surface area contributed by atoms with Crippen LogP contribution in [-0.4, -0.2) is 32.2 Å². The normalized spacial score (nSPS) is 10.0. The molecule has 1 N–H and O–H groups in total. The largest absolute Gasteiger partial charge is 0.497 e. The number of ether oxygens (including phenoxy) is 3. The van der Waals surface area contributed by atoms with Crippen molar-refractivity contribution in [3.63, 3.8) is 0 Å². The third-order valence-electron chi connectivity index (χ3n) is 3.44. The van der Waals surface area contributed by atoms with E-state index in [1.54, 1.807) is 37.4 Å². The summed E-state index contributed by atoms with van der Waals surface area (Å²) < 4.78 is 15.4. The molecule has 25 heavy (non-hydrogen) atoms. The summed E-state index contributed by atoms with van der Waals surface area (Å²) in [6.45, 7) is 1.39. The van der Waals surface area contributed by atoms with Gasteiger partial charge in [-0.15, -0.1) is 0 Å². The van der Waals surface area contributed by atoms with Gasteiger partial charge in [-0.05, 0) is 42.3 Å². The molecule has 0 heterocycles. The Morgan fingerprint density at radius 1 is 1.00 bits per heavy atom. The summed E-state index contributed by atoms with van der Waals surface area (Å²) in [5.74, 6) is 0.307. The summed E-state index contributed by atoms with van der Waals surface area (Å²) in [6, 6.07) is 14.3. The number of aryl methyl sites for hydroxylation is 1. The van der Waals surface area contributed by atoms with E-state index < -0.39 is 11.9 Å². The van der Waals surface area contributed by atoms with Crippen molar-refractivity contribution in [2.24, 2.45) is 0 Å². The predicted molar refractivity (Wildman–Crippen MR) is 93.9 cm³/mol. The zero-order valence-electron chi connectivity index (χ0n) is 14.3. The summed E-state index contributed by atoms with van der Waals surface area (Å²) >= 11 is 0. The maximum atomic E-state index is 11.8. The Morgan fingerprint density at radius 3 is 2.40 bits per heavy atom. The third-order valence-corrected chi connectivity index (χ3v) is 3.44. The van der Waals surface area contributed by atoms with Crippen molar-refractivity contribution in [2.45, 2.75) is 13.3 Å². The van der Waals surface area contributed by atoms with Gasteiger partial charge in [0.2, 0.25) is 0 Å². The number of carbonyl (C=O) groups excluding carboxylic acids is 2. The van der Waals surface area contributed by atoms with Crippen LogP contribution < -0.4 is 14.8 Å². The number of carbonyl (C=O) groups is 2. The number of benzene rings is 2. The average molecular weight is 343 g/mol. The first-order chi connectivity index (χ1) is 12.1. The lowest BCUT2D eigenvalue weighted by Gasteiger charge is -2.10. The summed E-state index contributed by atoms with van der Waals surface area (Å²) in [6.07, 6.45) is 0.801. The number of rotatable bonds is 8. The number of anilines is 1. The number of amides is 1. The highest BCUT2D eigenvalue weighted by Gasteiger charge is 2.10. The van der Waals surface area contributed by atoms with Gasteiger partial charge < -0.3 is 19.5 Å². The van der Waals surface area contributed by atoms with Crippen LogP contribution >= 0.6 is 0 Å². The fraction of sp³-hybridized carbons (Fsp3) is 0.263. The summed E-state index contributed by atoms with van der Waals surface area (Å²) in [7, 11) is 1.56. The number of esters is 1. The molecule has 0 bridgehead atoms. The maximum Gasteiger partial charge on any atom is 0.344 e. The summed E-state index contributed by atoms with van der Waals surface area (Å²) in [5, 5.41) is 2.63. The van der Waals surface area contributed by atoms with Crippen LogP contribution in [-0.2, 0) is 20.7 Å². The second-order valence-corrected chi connectivity index (χ2v) is 5.19. The van der Waals surface area contributed by atoms with Gasteiger partial charge in [-0.2, -0.15) is 0 Å². The van der Waals surface area contributed by atoms with Crippen molar-refractivity contribution in [3.8, 4) is 11.5 Å². The number of hydrogen-bond donors (Lipinski definition) is 1. The van der Waals surface area contributed by atoms with E-state index in [-0.39, 0.29) is 13.2 Å². The van der Waals surface area contributed by atoms with Crippen LogP contribution in [0, 0.1) is 0 Å². The molecule has 2 rings (SSSR count). The first-order valence-corrected chi connectivity index (χ1v) is 7.92. The standard InChI is InChI=1S/C19H21NO5/c1-3-14-6-4-5-7-17(14)24-13-19(22)25-12-18(21)20-15-8-10-16(23-2)11-9-15/h4-11H,3,12-13H2,1-2H3,(H,20,21). The molecule has 0 aliphatic rings. The molecule has 0 aliphatic heterocycles. The van der Waals surface area contributed by atoms with Gasteiger partial charge >= 0.3 is 5.97 Å². The monoisotopic (exact) mass is 343 g/mol. The molecule has 0 unspecified atom stereocenters. The van der Waals surface area contributed by atoms with Crippen molar-refractivity contribution >= 4 is 17.6 Å². The fourth-order valence-corrected chi connectivity index (χ4v) is 2.13. The predicted octanol–water partition coefficient (Wildman–Crippen LogP) is 2.82. The van der Waals surface area contributed by atoms with E-state index in [4.69, 9.17) is 14.2 Å². The zero-order valence-corrected chi connectivity index (χ0v) is 14.3. The summed E-state index contributed by atoms with van der Waals surface area (Å²) in [5.41, 5.74) is 1.60. The lowest BCUT2D eigenvalue weighted by Crippen LogP contribution is -2.23. The van der Waals surface area contributed by atoms with Gasteiger partial charge in [0.05, 0.1) is 7.11 Å². The van der Waals surface area contributed by atoms with Crippen molar-refractivity contribution < 1.29 is 23.8 Å². The molecular weight excluding hydrogens is 322 g/mol. The minimum atomic E-state index is -0.601. The maximum absolute atomic E-state index is 11.8. The van der Waals surface area contributed by atoms with E-state index in [1.807, 2.05) is 25.1 Å². The van der Waals surface area contributed by atoms with Crippen LogP contribution in [0.4, 0.5) is 5.69 Å². The smallest absolute Gasteiger partial charge is 0.344 e. The van der Waals surface area contributed by atoms with Crippen molar-refractivity contribution in [1.82, 2.24) is 0 Å². The third kappa shape index (κ3) is 5.84. The molecule has 1 amide bonds. The topological polar surface area (TPSA) is 73.9 Å². The van der Waals surface area contributed by atoms with Gasteiger partial charge in [-0.1, -0.05) is 25.1 Å². The minimum Gasteiger partial charge on any atom is -0.497 e. The van der Waals surface area contributed by atoms with E-state index in [2.05, 4.69) is 5.32 Å². The molecule has 0 saturated carbocycles. The van der Waals surface area contributed by atoms with Crippen LogP contribution in [0.3, 0.4) is 0 Å². The van der Waals surface area contributed by atoms with Crippen molar-refractivity contribution in [2.75, 3.05) is 25.6 Å². The first kappa shape index (κ1) is 18.3. The highest BCUT2D eigenvalue weighted by Crippen LogP contribution is 2.18.